The van der Waals surface area contributed by atoms with E-state index >= 15 is 0 Å². The molecule has 0 fully saturated rings. The lowest BCUT2D eigenvalue weighted by atomic mass is 9.98. The molecule has 3 N–H and O–H groups in total. The lowest BCUT2D eigenvalue weighted by molar-refractivity contribution is 0.580. The quantitative estimate of drug-likeness (QED) is 0.492. The van der Waals surface area contributed by atoms with Gasteiger partial charge in [0.25, 0.3) is 0 Å². The van der Waals surface area contributed by atoms with Crippen molar-refractivity contribution in [3.8, 4) is 0 Å². The van der Waals surface area contributed by atoms with Crippen LogP contribution in [-0.2, 0) is 0 Å². The van der Waals surface area contributed by atoms with Crippen LogP contribution in [0.3, 0.4) is 0 Å². The number of pyridine rings is 1. The summed E-state index contributed by atoms with van der Waals surface area (Å²) in [6.07, 6.45) is 8.36. The molecule has 1 aromatic carbocycles. The summed E-state index contributed by atoms with van der Waals surface area (Å²) in [5.74, 6) is 5.85. The summed E-state index contributed by atoms with van der Waals surface area (Å²) < 4.78 is 1.01. The largest absolute Gasteiger partial charge is 0.271 e. The van der Waals surface area contributed by atoms with E-state index in [2.05, 4.69) is 39.6 Å². The van der Waals surface area contributed by atoms with Gasteiger partial charge in [0.1, 0.15) is 0 Å². The normalized spacial score (nSPS) is 17.3. The maximum Gasteiger partial charge on any atom is 0.0853 e. The number of nitrogens with one attached hydrogen (secondary N) is 1. The molecule has 21 heavy (non-hydrogen) atoms. The molecule has 4 heteroatoms. The summed E-state index contributed by atoms with van der Waals surface area (Å²) in [7, 11) is 0. The van der Waals surface area contributed by atoms with Crippen LogP contribution in [0.4, 0.5) is 0 Å². The topological polar surface area (TPSA) is 50.9 Å². The molecule has 0 bridgehead atoms. The average Bonchev–Trinajstić information content (AvgIpc) is 2.78. The van der Waals surface area contributed by atoms with E-state index in [0.717, 1.165) is 33.9 Å². The first-order valence-corrected chi connectivity index (χ1v) is 8.29. The molecule has 1 atom stereocenters. The lowest BCUT2D eigenvalue weighted by Gasteiger charge is -2.20. The Balaban J connectivity index is 2.03. The van der Waals surface area contributed by atoms with E-state index in [0.29, 0.717) is 0 Å². The van der Waals surface area contributed by atoms with E-state index in [1.807, 2.05) is 18.2 Å². The van der Waals surface area contributed by atoms with Gasteiger partial charge in [-0.2, -0.15) is 0 Å². The van der Waals surface area contributed by atoms with E-state index in [4.69, 9.17) is 10.8 Å². The zero-order chi connectivity index (χ0) is 14.7. The Kier molecular flexibility index (Phi) is 4.68. The number of fused-ring (bicyclic) bond motifs is 1. The van der Waals surface area contributed by atoms with E-state index in [1.54, 1.807) is 0 Å². The smallest absolute Gasteiger partial charge is 0.0853 e. The second-order valence-electron chi connectivity index (χ2n) is 5.53. The highest BCUT2D eigenvalue weighted by Crippen LogP contribution is 2.33. The summed E-state index contributed by atoms with van der Waals surface area (Å²) in [4.78, 5) is 4.82. The van der Waals surface area contributed by atoms with Crippen molar-refractivity contribution in [3.05, 3.63) is 52.1 Å². The molecule has 0 aliphatic heterocycles. The predicted molar refractivity (Wildman–Crippen MR) is 90.7 cm³/mol. The van der Waals surface area contributed by atoms with Crippen LogP contribution in [0.5, 0.6) is 0 Å². The Labute approximate surface area is 133 Å². The summed E-state index contributed by atoms with van der Waals surface area (Å²) >= 11 is 3.66. The van der Waals surface area contributed by atoms with Gasteiger partial charge < -0.3 is 0 Å². The van der Waals surface area contributed by atoms with Gasteiger partial charge in [-0.15, -0.1) is 0 Å². The first kappa shape index (κ1) is 14.7. The minimum atomic E-state index is -0.0120. The molecule has 1 aliphatic carbocycles. The Hall–Kier alpha value is -1.23. The molecule has 0 saturated carbocycles. The third kappa shape index (κ3) is 3.18. The molecule has 1 unspecified atom stereocenters. The molecule has 3 rings (SSSR count). The number of aromatic nitrogens is 1. The number of allylic oxidation sites excluding steroid dienone is 1. The highest BCUT2D eigenvalue weighted by Gasteiger charge is 2.20. The maximum atomic E-state index is 5.85. The van der Waals surface area contributed by atoms with Gasteiger partial charge in [0.2, 0.25) is 0 Å². The summed E-state index contributed by atoms with van der Waals surface area (Å²) in [6, 6.07) is 10.3. The fraction of sp³-hybridized carbons (Fsp3) is 0.353. The lowest BCUT2D eigenvalue weighted by Crippen LogP contribution is -2.30. The molecule has 0 amide bonds. The Morgan fingerprint density at radius 1 is 1.19 bits per heavy atom. The predicted octanol–water partition coefficient (Wildman–Crippen LogP) is 4.39. The monoisotopic (exact) mass is 345 g/mol. The zero-order valence-corrected chi connectivity index (χ0v) is 13.6. The first-order chi connectivity index (χ1) is 10.3. The van der Waals surface area contributed by atoms with Gasteiger partial charge in [0, 0.05) is 9.86 Å². The van der Waals surface area contributed by atoms with Gasteiger partial charge in [-0.1, -0.05) is 30.7 Å². The molecule has 2 aromatic rings. The molecule has 1 aliphatic rings. The van der Waals surface area contributed by atoms with Crippen LogP contribution < -0.4 is 11.3 Å². The van der Waals surface area contributed by atoms with Crippen LogP contribution in [-0.4, -0.2) is 4.98 Å². The molecule has 0 radical (unpaired) electrons. The van der Waals surface area contributed by atoms with Crippen molar-refractivity contribution < 1.29 is 0 Å². The molecule has 110 valence electrons. The first-order valence-electron chi connectivity index (χ1n) is 7.50. The third-order valence-electron chi connectivity index (χ3n) is 4.09. The van der Waals surface area contributed by atoms with Crippen LogP contribution in [0.25, 0.3) is 10.9 Å². The maximum absolute atomic E-state index is 5.85. The van der Waals surface area contributed by atoms with Gasteiger partial charge in [-0.3, -0.25) is 5.84 Å². The van der Waals surface area contributed by atoms with E-state index < -0.39 is 0 Å². The van der Waals surface area contributed by atoms with Gasteiger partial charge in [-0.05, 0) is 59.3 Å². The fourth-order valence-corrected chi connectivity index (χ4v) is 3.54. The molecule has 3 nitrogen and oxygen atoms in total. The second-order valence-corrected chi connectivity index (χ2v) is 6.38. The van der Waals surface area contributed by atoms with Crippen molar-refractivity contribution in [2.24, 2.45) is 5.84 Å². The van der Waals surface area contributed by atoms with E-state index in [1.165, 1.54) is 24.8 Å². The minimum Gasteiger partial charge on any atom is -0.271 e. The van der Waals surface area contributed by atoms with Crippen LogP contribution >= 0.6 is 15.9 Å². The number of nitrogens with two attached hydrogens (primary N) is 1. The molecule has 0 saturated heterocycles. The van der Waals surface area contributed by atoms with Crippen molar-refractivity contribution in [2.75, 3.05) is 0 Å². The zero-order valence-electron chi connectivity index (χ0n) is 12.0. The molecule has 1 aromatic heterocycles. The van der Waals surface area contributed by atoms with Crippen molar-refractivity contribution in [3.63, 3.8) is 0 Å². The number of hydrazine groups is 1. The number of benzene rings is 1. The number of para-hydroxylation sites is 1. The van der Waals surface area contributed by atoms with Gasteiger partial charge >= 0.3 is 0 Å². The Morgan fingerprint density at radius 2 is 2.05 bits per heavy atom. The molecular weight excluding hydrogens is 326 g/mol. The van der Waals surface area contributed by atoms with Crippen LogP contribution in [0.2, 0.25) is 0 Å². The van der Waals surface area contributed by atoms with Crippen molar-refractivity contribution in [1.82, 2.24) is 10.4 Å². The summed E-state index contributed by atoms with van der Waals surface area (Å²) in [5.41, 5.74) is 6.30. The Bertz CT molecular complexity index is 666. The van der Waals surface area contributed by atoms with Crippen molar-refractivity contribution in [1.29, 1.82) is 0 Å². The van der Waals surface area contributed by atoms with Gasteiger partial charge in [-0.25, -0.2) is 10.4 Å². The van der Waals surface area contributed by atoms with Crippen LogP contribution in [0.15, 0.2) is 46.5 Å². The Morgan fingerprint density at radius 3 is 2.90 bits per heavy atom. The average molecular weight is 346 g/mol. The standard InChI is InChI=1S/C17H20BrN3/c18-14-11-13-9-5-6-10-15(13)20-17(14)16(21-19)12-7-3-1-2-4-8-12/h5-7,9-11,16,21H,1-4,8,19H2. The number of hydrogen-bond acceptors (Lipinski definition) is 3. The van der Waals surface area contributed by atoms with E-state index in [9.17, 15) is 0 Å². The molecule has 1 heterocycles. The van der Waals surface area contributed by atoms with Crippen molar-refractivity contribution >= 4 is 26.8 Å². The van der Waals surface area contributed by atoms with Crippen molar-refractivity contribution in [2.45, 2.75) is 38.1 Å². The van der Waals surface area contributed by atoms with E-state index in [-0.39, 0.29) is 6.04 Å². The van der Waals surface area contributed by atoms with Crippen LogP contribution in [0.1, 0.15) is 43.8 Å². The summed E-state index contributed by atoms with van der Waals surface area (Å²) in [5, 5.41) is 1.14. The highest BCUT2D eigenvalue weighted by atomic mass is 79.9. The van der Waals surface area contributed by atoms with Gasteiger partial charge in [0.15, 0.2) is 0 Å². The van der Waals surface area contributed by atoms with Gasteiger partial charge in [0.05, 0.1) is 17.3 Å². The molecular formula is C17H20BrN3. The van der Waals surface area contributed by atoms with Crippen LogP contribution in [0, 0.1) is 0 Å². The number of rotatable bonds is 3. The summed E-state index contributed by atoms with van der Waals surface area (Å²) in [6.45, 7) is 0. The fourth-order valence-electron chi connectivity index (χ4n) is 2.97. The highest BCUT2D eigenvalue weighted by molar-refractivity contribution is 9.10. The third-order valence-corrected chi connectivity index (χ3v) is 4.73. The molecule has 0 spiro atoms. The number of hydrogen-bond donors (Lipinski definition) is 2. The second kappa shape index (κ2) is 6.69. The minimum absolute atomic E-state index is 0.0120. The SMILES string of the molecule is NNC(C1=CCCCCC1)c1nc2ccccc2cc1Br. The number of halogens is 1. The number of nitrogens with zero attached hydrogens (tertiary/aromatic N) is 1.